The van der Waals surface area contributed by atoms with Gasteiger partial charge in [-0.1, -0.05) is 26.5 Å². The molecule has 4 heteroatoms. The molecular weight excluding hydrogens is 352 g/mol. The van der Waals surface area contributed by atoms with Crippen LogP contribution in [0.4, 0.5) is 0 Å². The molecule has 0 saturated carbocycles. The van der Waals surface area contributed by atoms with Crippen LogP contribution in [0.3, 0.4) is 0 Å². The van der Waals surface area contributed by atoms with E-state index in [2.05, 4.69) is 38.1 Å². The van der Waals surface area contributed by atoms with E-state index in [4.69, 9.17) is 18.9 Å². The van der Waals surface area contributed by atoms with E-state index in [0.717, 1.165) is 29.7 Å². The second kappa shape index (κ2) is 11.8. The minimum atomic E-state index is 0. The van der Waals surface area contributed by atoms with Crippen LogP contribution < -0.4 is 4.74 Å². The average molecular weight is 389 g/mol. The first-order valence-electron chi connectivity index (χ1n) is 9.34. The van der Waals surface area contributed by atoms with E-state index in [0.29, 0.717) is 19.8 Å². The molecular formula is C24H36O4. The van der Waals surface area contributed by atoms with Gasteiger partial charge >= 0.3 is 0 Å². The fourth-order valence-corrected chi connectivity index (χ4v) is 3.64. The van der Waals surface area contributed by atoms with Gasteiger partial charge in [-0.25, -0.2) is 0 Å². The van der Waals surface area contributed by atoms with Gasteiger partial charge < -0.3 is 18.9 Å². The molecule has 2 aromatic carbocycles. The summed E-state index contributed by atoms with van der Waals surface area (Å²) in [5.41, 5.74) is 8.58. The molecule has 0 saturated heterocycles. The van der Waals surface area contributed by atoms with Gasteiger partial charge in [0.05, 0.1) is 26.9 Å². The van der Waals surface area contributed by atoms with Crippen LogP contribution in [0, 0.1) is 6.92 Å². The number of hydrogen-bond acceptors (Lipinski definition) is 4. The molecule has 0 aliphatic carbocycles. The summed E-state index contributed by atoms with van der Waals surface area (Å²) in [6, 6.07) is 8.91. The van der Waals surface area contributed by atoms with Crippen molar-refractivity contribution in [1.82, 2.24) is 0 Å². The van der Waals surface area contributed by atoms with Gasteiger partial charge in [0.2, 0.25) is 0 Å². The maximum atomic E-state index is 5.61. The van der Waals surface area contributed by atoms with Crippen molar-refractivity contribution >= 4 is 0 Å². The smallest absolute Gasteiger partial charge is 0.129 e. The Morgan fingerprint density at radius 1 is 0.679 bits per heavy atom. The van der Waals surface area contributed by atoms with Crippen LogP contribution in [-0.2, 0) is 46.9 Å². The van der Waals surface area contributed by atoms with Crippen molar-refractivity contribution in [2.45, 2.75) is 53.9 Å². The lowest BCUT2D eigenvalue weighted by Gasteiger charge is -2.17. The SMILES string of the molecule is C.CCc1cc(Cc2cc(COC)c(OC)c(COC)c2)cc(COC)c1C. The van der Waals surface area contributed by atoms with Crippen LogP contribution >= 0.6 is 0 Å². The van der Waals surface area contributed by atoms with Crippen molar-refractivity contribution in [1.29, 1.82) is 0 Å². The summed E-state index contributed by atoms with van der Waals surface area (Å²) in [6.45, 7) is 6.04. The number of aryl methyl sites for hydroxylation is 1. The molecule has 28 heavy (non-hydrogen) atoms. The fourth-order valence-electron chi connectivity index (χ4n) is 3.64. The second-order valence-corrected chi connectivity index (χ2v) is 6.82. The van der Waals surface area contributed by atoms with Crippen molar-refractivity contribution in [2.75, 3.05) is 28.4 Å². The van der Waals surface area contributed by atoms with Crippen LogP contribution in [0.1, 0.15) is 53.3 Å². The topological polar surface area (TPSA) is 36.9 Å². The Morgan fingerprint density at radius 2 is 1.11 bits per heavy atom. The van der Waals surface area contributed by atoms with Crippen molar-refractivity contribution in [3.63, 3.8) is 0 Å². The first-order chi connectivity index (χ1) is 13.1. The van der Waals surface area contributed by atoms with Crippen LogP contribution in [0.2, 0.25) is 0 Å². The summed E-state index contributed by atoms with van der Waals surface area (Å²) in [6.07, 6.45) is 1.87. The lowest BCUT2D eigenvalue weighted by molar-refractivity contribution is 0.173. The molecule has 2 aromatic rings. The van der Waals surface area contributed by atoms with Gasteiger partial charge in [0.1, 0.15) is 5.75 Å². The Bertz CT molecular complexity index is 726. The number of benzene rings is 2. The lowest BCUT2D eigenvalue weighted by Crippen LogP contribution is -2.04. The molecule has 0 heterocycles. The van der Waals surface area contributed by atoms with E-state index < -0.39 is 0 Å². The number of rotatable bonds is 10. The van der Waals surface area contributed by atoms with Crippen molar-refractivity contribution in [3.05, 3.63) is 63.2 Å². The summed E-state index contributed by atoms with van der Waals surface area (Å²) >= 11 is 0. The summed E-state index contributed by atoms with van der Waals surface area (Å²) in [5.74, 6) is 0.848. The van der Waals surface area contributed by atoms with E-state index in [1.54, 1.807) is 28.4 Å². The van der Waals surface area contributed by atoms with Crippen molar-refractivity contribution < 1.29 is 18.9 Å². The van der Waals surface area contributed by atoms with Gasteiger partial charge in [-0.05, 0) is 59.7 Å². The van der Waals surface area contributed by atoms with E-state index >= 15 is 0 Å². The molecule has 0 radical (unpaired) electrons. The van der Waals surface area contributed by atoms with E-state index in [1.807, 2.05) is 0 Å². The highest BCUT2D eigenvalue weighted by molar-refractivity contribution is 5.47. The third-order valence-electron chi connectivity index (χ3n) is 4.88. The Hall–Kier alpha value is -1.88. The molecule has 0 fully saturated rings. The highest BCUT2D eigenvalue weighted by atomic mass is 16.5. The van der Waals surface area contributed by atoms with Crippen LogP contribution in [0.15, 0.2) is 24.3 Å². The minimum Gasteiger partial charge on any atom is -0.496 e. The largest absolute Gasteiger partial charge is 0.496 e. The number of methoxy groups -OCH3 is 4. The predicted molar refractivity (Wildman–Crippen MR) is 115 cm³/mol. The summed E-state index contributed by atoms with van der Waals surface area (Å²) in [5, 5.41) is 0. The van der Waals surface area contributed by atoms with Crippen molar-refractivity contribution in [2.24, 2.45) is 0 Å². The second-order valence-electron chi connectivity index (χ2n) is 6.82. The van der Waals surface area contributed by atoms with E-state index in [1.165, 1.54) is 27.8 Å². The standard InChI is InChI=1S/C23H32O4.CH4/c1-7-19-9-17(10-20(13-24-3)16(19)2)8-18-11-21(14-25-4)23(27-6)22(12-18)15-26-5;/h9-12H,7-8,13-15H2,1-6H3;1H4. The highest BCUT2D eigenvalue weighted by Crippen LogP contribution is 2.29. The summed E-state index contributed by atoms with van der Waals surface area (Å²) in [4.78, 5) is 0. The zero-order valence-electron chi connectivity index (χ0n) is 17.5. The lowest BCUT2D eigenvalue weighted by atomic mass is 9.93. The normalized spacial score (nSPS) is 10.6. The van der Waals surface area contributed by atoms with Gasteiger partial charge in [-0.3, -0.25) is 0 Å². The van der Waals surface area contributed by atoms with Gasteiger partial charge in [-0.15, -0.1) is 0 Å². The molecule has 0 N–H and O–H groups in total. The molecule has 0 amide bonds. The molecule has 0 aliphatic rings. The molecule has 2 rings (SSSR count). The Labute approximate surface area is 170 Å². The first kappa shape index (κ1) is 24.2. The van der Waals surface area contributed by atoms with Gasteiger partial charge in [0.25, 0.3) is 0 Å². The fraction of sp³-hybridized carbons (Fsp3) is 0.500. The zero-order valence-corrected chi connectivity index (χ0v) is 17.5. The molecule has 0 aliphatic heterocycles. The zero-order chi connectivity index (χ0) is 19.8. The molecule has 0 spiro atoms. The third-order valence-corrected chi connectivity index (χ3v) is 4.88. The van der Waals surface area contributed by atoms with E-state index in [-0.39, 0.29) is 7.43 Å². The van der Waals surface area contributed by atoms with E-state index in [9.17, 15) is 0 Å². The molecule has 4 nitrogen and oxygen atoms in total. The molecule has 0 atom stereocenters. The molecule has 0 bridgehead atoms. The number of hydrogen-bond donors (Lipinski definition) is 0. The first-order valence-corrected chi connectivity index (χ1v) is 9.34. The summed E-state index contributed by atoms with van der Waals surface area (Å²) < 4.78 is 21.8. The predicted octanol–water partition coefficient (Wildman–Crippen LogP) is 5.23. The molecule has 156 valence electrons. The minimum absolute atomic E-state index is 0. The quantitative estimate of drug-likeness (QED) is 0.558. The maximum Gasteiger partial charge on any atom is 0.129 e. The maximum absolute atomic E-state index is 5.61. The highest BCUT2D eigenvalue weighted by Gasteiger charge is 2.13. The van der Waals surface area contributed by atoms with Crippen molar-refractivity contribution in [3.8, 4) is 5.75 Å². The van der Waals surface area contributed by atoms with Gasteiger partial charge in [0, 0.05) is 32.5 Å². The third kappa shape index (κ3) is 5.81. The average Bonchev–Trinajstić information content (AvgIpc) is 2.65. The molecule has 0 unspecified atom stereocenters. The molecule has 0 aromatic heterocycles. The Kier molecular flexibility index (Phi) is 10.2. The van der Waals surface area contributed by atoms with Crippen LogP contribution in [0.25, 0.3) is 0 Å². The van der Waals surface area contributed by atoms with Crippen LogP contribution in [0.5, 0.6) is 5.75 Å². The Morgan fingerprint density at radius 3 is 1.54 bits per heavy atom. The summed E-state index contributed by atoms with van der Waals surface area (Å²) in [7, 11) is 6.84. The Balaban J connectivity index is 0.00000392. The monoisotopic (exact) mass is 388 g/mol. The van der Waals surface area contributed by atoms with Gasteiger partial charge in [0.15, 0.2) is 0 Å². The van der Waals surface area contributed by atoms with Gasteiger partial charge in [-0.2, -0.15) is 0 Å². The van der Waals surface area contributed by atoms with Crippen LogP contribution in [-0.4, -0.2) is 28.4 Å². The number of ether oxygens (including phenoxy) is 4.